The first-order chi connectivity index (χ1) is 14.3. The number of benzene rings is 1. The van der Waals surface area contributed by atoms with Gasteiger partial charge in [0.05, 0.1) is 18.7 Å². The van der Waals surface area contributed by atoms with Crippen LogP contribution in [-0.4, -0.2) is 51.9 Å². The number of thiophene rings is 1. The Labute approximate surface area is 201 Å². The molecule has 0 atom stereocenters. The van der Waals surface area contributed by atoms with Gasteiger partial charge < -0.3 is 25.0 Å². The molecule has 30 heavy (non-hydrogen) atoms. The summed E-state index contributed by atoms with van der Waals surface area (Å²) in [7, 11) is 1.66. The van der Waals surface area contributed by atoms with Crippen LogP contribution in [0, 0.1) is 0 Å². The third-order valence-electron chi connectivity index (χ3n) is 4.88. The Morgan fingerprint density at radius 3 is 2.70 bits per heavy atom. The minimum absolute atomic E-state index is 0. The van der Waals surface area contributed by atoms with Gasteiger partial charge in [0.2, 0.25) is 0 Å². The highest BCUT2D eigenvalue weighted by atomic mass is 127. The van der Waals surface area contributed by atoms with Gasteiger partial charge in [-0.05, 0) is 49.4 Å². The molecule has 1 aromatic carbocycles. The standard InChI is InChI=1S/C22H32N4O2S.HI/c1-3-23-22(24-12-6-15-28-20-8-4-7-19(17-20)27-2)25-18-10-13-26(14-11-18)21-9-5-16-29-21;/h4-5,7-9,16-18H,3,6,10-15H2,1-2H3,(H2,23,24,25);1H. The maximum Gasteiger partial charge on any atom is 0.191 e. The molecule has 0 unspecified atom stereocenters. The first-order valence-electron chi connectivity index (χ1n) is 10.4. The fourth-order valence-corrected chi connectivity index (χ4v) is 4.13. The zero-order chi connectivity index (χ0) is 20.3. The van der Waals surface area contributed by atoms with Crippen molar-refractivity contribution >= 4 is 46.3 Å². The van der Waals surface area contributed by atoms with Crippen LogP contribution in [0.15, 0.2) is 46.8 Å². The summed E-state index contributed by atoms with van der Waals surface area (Å²) in [5.74, 6) is 2.54. The highest BCUT2D eigenvalue weighted by molar-refractivity contribution is 14.0. The molecule has 1 aromatic heterocycles. The van der Waals surface area contributed by atoms with Gasteiger partial charge >= 0.3 is 0 Å². The maximum absolute atomic E-state index is 5.79. The van der Waals surface area contributed by atoms with Crippen LogP contribution in [0.3, 0.4) is 0 Å². The molecular formula is C22H33IN4O2S. The smallest absolute Gasteiger partial charge is 0.191 e. The van der Waals surface area contributed by atoms with E-state index < -0.39 is 0 Å². The molecule has 0 spiro atoms. The van der Waals surface area contributed by atoms with Crippen molar-refractivity contribution in [1.29, 1.82) is 0 Å². The molecule has 0 bridgehead atoms. The third kappa shape index (κ3) is 7.86. The van der Waals surface area contributed by atoms with Crippen LogP contribution >= 0.6 is 35.3 Å². The van der Waals surface area contributed by atoms with Gasteiger partial charge in [0.1, 0.15) is 11.5 Å². The third-order valence-corrected chi connectivity index (χ3v) is 5.81. The minimum atomic E-state index is 0. The summed E-state index contributed by atoms with van der Waals surface area (Å²) in [4.78, 5) is 7.19. The van der Waals surface area contributed by atoms with Crippen LogP contribution in [0.25, 0.3) is 0 Å². The van der Waals surface area contributed by atoms with E-state index in [0.29, 0.717) is 12.6 Å². The fraction of sp³-hybridized carbons (Fsp3) is 0.500. The molecule has 1 aliphatic heterocycles. The van der Waals surface area contributed by atoms with Gasteiger partial charge in [0.15, 0.2) is 5.96 Å². The highest BCUT2D eigenvalue weighted by Gasteiger charge is 2.20. The first kappa shape index (κ1) is 24.6. The van der Waals surface area contributed by atoms with Crippen molar-refractivity contribution in [2.75, 3.05) is 44.8 Å². The quantitative estimate of drug-likeness (QED) is 0.213. The summed E-state index contributed by atoms with van der Waals surface area (Å²) in [5.41, 5.74) is 0. The van der Waals surface area contributed by atoms with Crippen molar-refractivity contribution in [3.63, 3.8) is 0 Å². The average Bonchev–Trinajstić information content (AvgIpc) is 3.29. The van der Waals surface area contributed by atoms with Crippen LogP contribution in [-0.2, 0) is 0 Å². The largest absolute Gasteiger partial charge is 0.497 e. The van der Waals surface area contributed by atoms with Gasteiger partial charge in [0, 0.05) is 44.7 Å². The molecule has 1 aliphatic rings. The summed E-state index contributed by atoms with van der Waals surface area (Å²) in [6, 6.07) is 12.5. The molecule has 8 heteroatoms. The SMILES string of the molecule is CCNC(=NCCCOc1cccc(OC)c1)NC1CCN(c2cccs2)CC1.I. The number of nitrogens with zero attached hydrogens (tertiary/aromatic N) is 2. The van der Waals surface area contributed by atoms with Crippen LogP contribution < -0.4 is 25.0 Å². The Morgan fingerprint density at radius 2 is 2.00 bits per heavy atom. The molecule has 2 N–H and O–H groups in total. The molecule has 1 saturated heterocycles. The van der Waals surface area contributed by atoms with E-state index in [4.69, 9.17) is 14.5 Å². The summed E-state index contributed by atoms with van der Waals surface area (Å²) < 4.78 is 11.0. The predicted molar refractivity (Wildman–Crippen MR) is 137 cm³/mol. The molecule has 6 nitrogen and oxygen atoms in total. The zero-order valence-corrected chi connectivity index (χ0v) is 20.9. The molecule has 1 fully saturated rings. The molecule has 3 rings (SSSR count). The van der Waals surface area contributed by atoms with E-state index >= 15 is 0 Å². The number of anilines is 1. The number of rotatable bonds is 9. The normalized spacial score (nSPS) is 14.7. The average molecular weight is 545 g/mol. The summed E-state index contributed by atoms with van der Waals surface area (Å²) in [5, 5.41) is 10.5. The topological polar surface area (TPSA) is 58.1 Å². The van der Waals surface area contributed by atoms with Gasteiger partial charge in [-0.2, -0.15) is 0 Å². The maximum atomic E-state index is 5.79. The number of methoxy groups -OCH3 is 1. The van der Waals surface area contributed by atoms with Crippen molar-refractivity contribution in [2.24, 2.45) is 4.99 Å². The lowest BCUT2D eigenvalue weighted by atomic mass is 10.1. The Kier molecular flexibility index (Phi) is 11.1. The summed E-state index contributed by atoms with van der Waals surface area (Å²) >= 11 is 1.82. The lowest BCUT2D eigenvalue weighted by Crippen LogP contribution is -2.48. The molecule has 0 amide bonds. The second kappa shape index (κ2) is 13.6. The van der Waals surface area contributed by atoms with E-state index in [9.17, 15) is 0 Å². The van der Waals surface area contributed by atoms with E-state index in [-0.39, 0.29) is 24.0 Å². The summed E-state index contributed by atoms with van der Waals surface area (Å²) in [6.45, 7) is 6.50. The van der Waals surface area contributed by atoms with Gasteiger partial charge in [-0.15, -0.1) is 35.3 Å². The van der Waals surface area contributed by atoms with E-state index in [0.717, 1.165) is 62.9 Å². The van der Waals surface area contributed by atoms with Crippen molar-refractivity contribution in [3.8, 4) is 11.5 Å². The Morgan fingerprint density at radius 1 is 1.20 bits per heavy atom. The molecule has 0 saturated carbocycles. The number of hydrogen-bond donors (Lipinski definition) is 2. The lowest BCUT2D eigenvalue weighted by Gasteiger charge is -2.33. The Hall–Kier alpha value is -1.68. The van der Waals surface area contributed by atoms with Crippen molar-refractivity contribution in [1.82, 2.24) is 10.6 Å². The molecule has 0 aliphatic carbocycles. The number of guanidine groups is 1. The Bertz CT molecular complexity index is 749. The molecule has 166 valence electrons. The van der Waals surface area contributed by atoms with E-state index in [2.05, 4.69) is 40.0 Å². The number of aliphatic imine (C=N–C) groups is 1. The zero-order valence-electron chi connectivity index (χ0n) is 17.8. The lowest BCUT2D eigenvalue weighted by molar-refractivity contribution is 0.311. The second-order valence-electron chi connectivity index (χ2n) is 7.00. The molecular weight excluding hydrogens is 511 g/mol. The van der Waals surface area contributed by atoms with Gasteiger partial charge in [-0.25, -0.2) is 0 Å². The molecule has 2 aromatic rings. The number of hydrogen-bond acceptors (Lipinski definition) is 5. The molecule has 0 radical (unpaired) electrons. The predicted octanol–water partition coefficient (Wildman–Crippen LogP) is 4.37. The number of ether oxygens (including phenoxy) is 2. The number of piperidine rings is 1. The van der Waals surface area contributed by atoms with Crippen molar-refractivity contribution < 1.29 is 9.47 Å². The van der Waals surface area contributed by atoms with Crippen LogP contribution in [0.1, 0.15) is 26.2 Å². The molecule has 2 heterocycles. The minimum Gasteiger partial charge on any atom is -0.497 e. The van der Waals surface area contributed by atoms with Crippen LogP contribution in [0.5, 0.6) is 11.5 Å². The van der Waals surface area contributed by atoms with Gasteiger partial charge in [-0.1, -0.05) is 6.07 Å². The number of halogens is 1. The van der Waals surface area contributed by atoms with E-state index in [1.165, 1.54) is 5.00 Å². The monoisotopic (exact) mass is 544 g/mol. The van der Waals surface area contributed by atoms with E-state index in [1.807, 2.05) is 35.6 Å². The van der Waals surface area contributed by atoms with E-state index in [1.54, 1.807) is 7.11 Å². The van der Waals surface area contributed by atoms with Crippen molar-refractivity contribution in [2.45, 2.75) is 32.2 Å². The Balaban J connectivity index is 0.00000320. The number of nitrogens with one attached hydrogen (secondary N) is 2. The van der Waals surface area contributed by atoms with Crippen LogP contribution in [0.4, 0.5) is 5.00 Å². The first-order valence-corrected chi connectivity index (χ1v) is 11.3. The second-order valence-corrected chi connectivity index (χ2v) is 7.92. The fourth-order valence-electron chi connectivity index (χ4n) is 3.34. The summed E-state index contributed by atoms with van der Waals surface area (Å²) in [6.07, 6.45) is 3.12. The highest BCUT2D eigenvalue weighted by Crippen LogP contribution is 2.24. The van der Waals surface area contributed by atoms with Crippen molar-refractivity contribution in [3.05, 3.63) is 41.8 Å². The van der Waals surface area contributed by atoms with Crippen LogP contribution in [0.2, 0.25) is 0 Å². The van der Waals surface area contributed by atoms with Gasteiger partial charge in [-0.3, -0.25) is 4.99 Å². The van der Waals surface area contributed by atoms with Gasteiger partial charge in [0.25, 0.3) is 0 Å².